The fourth-order valence-electron chi connectivity index (χ4n) is 3.69. The number of amides is 1. The smallest absolute Gasteiger partial charge is 0.262 e. The second kappa shape index (κ2) is 7.64. The average molecular weight is 391 g/mol. The van der Waals surface area contributed by atoms with Gasteiger partial charge < -0.3 is 4.90 Å². The first kappa shape index (κ1) is 18.5. The molecule has 4 rings (SSSR count). The average Bonchev–Trinajstić information content (AvgIpc) is 3.04. The molecule has 1 aromatic heterocycles. The van der Waals surface area contributed by atoms with Crippen LogP contribution in [0.4, 0.5) is 5.69 Å². The normalized spacial score (nSPS) is 15.6. The van der Waals surface area contributed by atoms with Gasteiger partial charge in [0.2, 0.25) is 5.91 Å². The molecule has 2 aromatic carbocycles. The van der Waals surface area contributed by atoms with Gasteiger partial charge in [-0.1, -0.05) is 48.2 Å². The van der Waals surface area contributed by atoms with Crippen LogP contribution in [0.25, 0.3) is 10.9 Å². The topological polar surface area (TPSA) is 55.2 Å². The highest BCUT2D eigenvalue weighted by Gasteiger charge is 2.30. The van der Waals surface area contributed by atoms with E-state index in [1.807, 2.05) is 41.3 Å². The predicted octanol–water partition coefficient (Wildman–Crippen LogP) is 3.65. The van der Waals surface area contributed by atoms with E-state index in [0.29, 0.717) is 22.6 Å². The molecule has 0 radical (unpaired) electrons. The van der Waals surface area contributed by atoms with Crippen molar-refractivity contribution in [1.29, 1.82) is 0 Å². The Morgan fingerprint density at radius 3 is 2.82 bits per heavy atom. The van der Waals surface area contributed by atoms with E-state index in [1.54, 1.807) is 16.7 Å². The van der Waals surface area contributed by atoms with Gasteiger partial charge in [-0.2, -0.15) is 0 Å². The summed E-state index contributed by atoms with van der Waals surface area (Å²) >= 11 is 1.30. The highest BCUT2D eigenvalue weighted by atomic mass is 32.2. The Morgan fingerprint density at radius 1 is 1.25 bits per heavy atom. The maximum atomic E-state index is 13.0. The van der Waals surface area contributed by atoms with Gasteiger partial charge in [-0.05, 0) is 37.1 Å². The summed E-state index contributed by atoms with van der Waals surface area (Å²) in [6, 6.07) is 15.4. The Balaban J connectivity index is 1.62. The number of para-hydroxylation sites is 2. The van der Waals surface area contributed by atoms with Crippen LogP contribution in [0, 0.1) is 0 Å². The van der Waals surface area contributed by atoms with Crippen molar-refractivity contribution in [2.24, 2.45) is 0 Å². The number of carbonyl (C=O) groups excluding carboxylic acids is 1. The number of anilines is 1. The third kappa shape index (κ3) is 3.24. The minimum Gasteiger partial charge on any atom is -0.308 e. The summed E-state index contributed by atoms with van der Waals surface area (Å²) in [6.07, 6.45) is 2.53. The molecule has 0 spiro atoms. The molecule has 2 heterocycles. The highest BCUT2D eigenvalue weighted by molar-refractivity contribution is 7.99. The molecular formula is C22H21N3O2S. The SMILES string of the molecule is C=CCn1c(SCC(=O)N2c3ccccc3C[C@@H]2C)nc2ccccc2c1=O. The van der Waals surface area contributed by atoms with Crippen LogP contribution in [-0.4, -0.2) is 27.3 Å². The number of allylic oxidation sites excluding steroid dienone is 1. The van der Waals surface area contributed by atoms with Crippen molar-refractivity contribution in [2.75, 3.05) is 10.7 Å². The van der Waals surface area contributed by atoms with Gasteiger partial charge >= 0.3 is 0 Å². The number of hydrogen-bond donors (Lipinski definition) is 0. The maximum absolute atomic E-state index is 13.0. The molecule has 0 fully saturated rings. The number of thioether (sulfide) groups is 1. The summed E-state index contributed by atoms with van der Waals surface area (Å²) in [7, 11) is 0. The van der Waals surface area contributed by atoms with E-state index in [2.05, 4.69) is 24.6 Å². The lowest BCUT2D eigenvalue weighted by Crippen LogP contribution is -2.37. The van der Waals surface area contributed by atoms with Gasteiger partial charge in [0.1, 0.15) is 0 Å². The van der Waals surface area contributed by atoms with Crippen LogP contribution in [0.2, 0.25) is 0 Å². The highest BCUT2D eigenvalue weighted by Crippen LogP contribution is 2.32. The zero-order valence-electron chi connectivity index (χ0n) is 15.7. The van der Waals surface area contributed by atoms with E-state index in [-0.39, 0.29) is 23.3 Å². The summed E-state index contributed by atoms with van der Waals surface area (Å²) in [5.74, 6) is 0.246. The van der Waals surface area contributed by atoms with Gasteiger partial charge in [0, 0.05) is 18.3 Å². The van der Waals surface area contributed by atoms with Crippen LogP contribution in [0.15, 0.2) is 71.1 Å². The first-order valence-corrected chi connectivity index (χ1v) is 10.2. The van der Waals surface area contributed by atoms with Crippen molar-refractivity contribution in [3.8, 4) is 0 Å². The Labute approximate surface area is 167 Å². The molecule has 1 amide bonds. The van der Waals surface area contributed by atoms with Crippen LogP contribution < -0.4 is 10.5 Å². The van der Waals surface area contributed by atoms with Crippen LogP contribution in [0.1, 0.15) is 12.5 Å². The molecule has 142 valence electrons. The molecule has 1 atom stereocenters. The van der Waals surface area contributed by atoms with Crippen molar-refractivity contribution < 1.29 is 4.79 Å². The number of nitrogens with zero attached hydrogens (tertiary/aromatic N) is 3. The standard InChI is InChI=1S/C22H21N3O2S/c1-3-12-24-21(27)17-9-5-6-10-18(17)23-22(24)28-14-20(26)25-15(2)13-16-8-4-7-11-19(16)25/h3-11,15H,1,12-14H2,2H3/t15-/m0/s1. The number of rotatable bonds is 5. The fraction of sp³-hybridized carbons (Fsp3) is 0.227. The molecule has 1 aliphatic rings. The number of benzene rings is 2. The van der Waals surface area contributed by atoms with Crippen LogP contribution in [0.3, 0.4) is 0 Å². The van der Waals surface area contributed by atoms with Crippen LogP contribution >= 0.6 is 11.8 Å². The van der Waals surface area contributed by atoms with Crippen LogP contribution in [0.5, 0.6) is 0 Å². The summed E-state index contributed by atoms with van der Waals surface area (Å²) < 4.78 is 1.58. The number of fused-ring (bicyclic) bond motifs is 2. The Hall–Kier alpha value is -2.86. The molecule has 3 aromatic rings. The van der Waals surface area contributed by atoms with E-state index >= 15 is 0 Å². The van der Waals surface area contributed by atoms with Gasteiger partial charge in [0.15, 0.2) is 5.16 Å². The molecule has 0 bridgehead atoms. The first-order chi connectivity index (χ1) is 13.6. The van der Waals surface area contributed by atoms with E-state index in [1.165, 1.54) is 17.3 Å². The van der Waals surface area contributed by atoms with E-state index in [9.17, 15) is 9.59 Å². The lowest BCUT2D eigenvalue weighted by Gasteiger charge is -2.22. The minimum absolute atomic E-state index is 0.0232. The number of aromatic nitrogens is 2. The Bertz CT molecular complexity index is 1120. The lowest BCUT2D eigenvalue weighted by molar-refractivity contribution is -0.116. The molecule has 5 nitrogen and oxygen atoms in total. The third-order valence-electron chi connectivity index (χ3n) is 4.94. The van der Waals surface area contributed by atoms with E-state index in [0.717, 1.165) is 12.1 Å². The Morgan fingerprint density at radius 2 is 2.00 bits per heavy atom. The first-order valence-electron chi connectivity index (χ1n) is 9.23. The van der Waals surface area contributed by atoms with Crippen molar-refractivity contribution >= 4 is 34.3 Å². The van der Waals surface area contributed by atoms with Gasteiger partial charge in [-0.15, -0.1) is 6.58 Å². The Kier molecular flexibility index (Phi) is 5.05. The monoisotopic (exact) mass is 391 g/mol. The molecule has 28 heavy (non-hydrogen) atoms. The third-order valence-corrected chi connectivity index (χ3v) is 5.90. The quantitative estimate of drug-likeness (QED) is 0.378. The molecule has 1 aliphatic heterocycles. The molecule has 0 saturated carbocycles. The largest absolute Gasteiger partial charge is 0.308 e. The van der Waals surface area contributed by atoms with Gasteiger partial charge in [-0.25, -0.2) is 4.98 Å². The van der Waals surface area contributed by atoms with Crippen LogP contribution in [-0.2, 0) is 17.8 Å². The number of carbonyl (C=O) groups is 1. The van der Waals surface area contributed by atoms with E-state index < -0.39 is 0 Å². The molecule has 0 saturated heterocycles. The second-order valence-corrected chi connectivity index (χ2v) is 7.79. The summed E-state index contributed by atoms with van der Waals surface area (Å²) in [6.45, 7) is 6.16. The molecule has 0 aliphatic carbocycles. The molecule has 0 N–H and O–H groups in total. The summed E-state index contributed by atoms with van der Waals surface area (Å²) in [4.78, 5) is 32.3. The minimum atomic E-state index is -0.111. The second-order valence-electron chi connectivity index (χ2n) is 6.85. The number of hydrogen-bond acceptors (Lipinski definition) is 4. The zero-order chi connectivity index (χ0) is 19.7. The predicted molar refractivity (Wildman–Crippen MR) is 114 cm³/mol. The van der Waals surface area contributed by atoms with E-state index in [4.69, 9.17) is 0 Å². The molecule has 0 unspecified atom stereocenters. The fourth-order valence-corrected chi connectivity index (χ4v) is 4.56. The van der Waals surface area contributed by atoms with Crippen molar-refractivity contribution in [3.63, 3.8) is 0 Å². The zero-order valence-corrected chi connectivity index (χ0v) is 16.5. The van der Waals surface area contributed by atoms with Crippen molar-refractivity contribution in [3.05, 3.63) is 77.1 Å². The lowest BCUT2D eigenvalue weighted by atomic mass is 10.1. The van der Waals surface area contributed by atoms with Crippen molar-refractivity contribution in [1.82, 2.24) is 9.55 Å². The van der Waals surface area contributed by atoms with Gasteiger partial charge in [-0.3, -0.25) is 14.2 Å². The molecular weight excluding hydrogens is 370 g/mol. The maximum Gasteiger partial charge on any atom is 0.262 e. The van der Waals surface area contributed by atoms with Gasteiger partial charge in [0.05, 0.1) is 16.7 Å². The molecule has 6 heteroatoms. The van der Waals surface area contributed by atoms with Gasteiger partial charge in [0.25, 0.3) is 5.56 Å². The summed E-state index contributed by atoms with van der Waals surface area (Å²) in [5, 5.41) is 1.11. The summed E-state index contributed by atoms with van der Waals surface area (Å²) in [5.41, 5.74) is 2.71. The van der Waals surface area contributed by atoms with Crippen molar-refractivity contribution in [2.45, 2.75) is 31.1 Å².